The van der Waals surface area contributed by atoms with Gasteiger partial charge in [0, 0.05) is 15.5 Å². The second-order valence-electron chi connectivity index (χ2n) is 9.29. The van der Waals surface area contributed by atoms with Crippen molar-refractivity contribution in [2.75, 3.05) is 7.11 Å². The first-order chi connectivity index (χ1) is 18.4. The van der Waals surface area contributed by atoms with Crippen molar-refractivity contribution in [2.24, 2.45) is 11.0 Å². The third kappa shape index (κ3) is 5.58. The van der Waals surface area contributed by atoms with E-state index in [0.717, 1.165) is 35.2 Å². The summed E-state index contributed by atoms with van der Waals surface area (Å²) in [7, 11) is 1.55. The van der Waals surface area contributed by atoms with Gasteiger partial charge in [0.25, 0.3) is 11.5 Å². The van der Waals surface area contributed by atoms with Gasteiger partial charge >= 0.3 is 0 Å². The fourth-order valence-electron chi connectivity index (χ4n) is 4.50. The standard InChI is InChI=1S/C28H27ClN4O4S/c1-17-7-9-20-24(11-17)38-27-26(20)28(35)33(16-30-27)14-25(34)32-31-13-18-8-10-22(23(12-18)36-2)37-15-19-5-3-4-6-21(19)29/h3-6,8,10,12-13,16-17H,7,9,11,14-15H2,1-2H3,(H,32,34)/b31-13-. The number of benzene rings is 2. The van der Waals surface area contributed by atoms with E-state index >= 15 is 0 Å². The van der Waals surface area contributed by atoms with Gasteiger partial charge in [0.2, 0.25) is 0 Å². The molecule has 196 valence electrons. The number of carbonyl (C=O) groups is 1. The molecule has 1 atom stereocenters. The van der Waals surface area contributed by atoms with E-state index in [2.05, 4.69) is 22.4 Å². The van der Waals surface area contributed by atoms with Crippen molar-refractivity contribution in [3.8, 4) is 11.5 Å². The van der Waals surface area contributed by atoms with Crippen LogP contribution in [0.25, 0.3) is 10.2 Å². The van der Waals surface area contributed by atoms with Gasteiger partial charge in [-0.3, -0.25) is 14.2 Å². The number of rotatable bonds is 8. The minimum Gasteiger partial charge on any atom is -0.493 e. The van der Waals surface area contributed by atoms with E-state index in [9.17, 15) is 9.59 Å². The number of fused-ring (bicyclic) bond motifs is 3. The number of hydrogen-bond donors (Lipinski definition) is 1. The van der Waals surface area contributed by atoms with Crippen LogP contribution in [-0.2, 0) is 30.8 Å². The predicted molar refractivity (Wildman–Crippen MR) is 150 cm³/mol. The molecule has 1 amide bonds. The summed E-state index contributed by atoms with van der Waals surface area (Å²) >= 11 is 7.79. The largest absolute Gasteiger partial charge is 0.493 e. The van der Waals surface area contributed by atoms with E-state index in [-0.39, 0.29) is 12.1 Å². The molecular formula is C28H27ClN4O4S. The second-order valence-corrected chi connectivity index (χ2v) is 10.8. The Hall–Kier alpha value is -3.69. The van der Waals surface area contributed by atoms with E-state index in [0.29, 0.717) is 40.0 Å². The Morgan fingerprint density at radius 1 is 1.29 bits per heavy atom. The smallest absolute Gasteiger partial charge is 0.262 e. The number of hydrazone groups is 1. The number of thiophene rings is 1. The summed E-state index contributed by atoms with van der Waals surface area (Å²) in [5.41, 5.74) is 4.97. The van der Waals surface area contributed by atoms with Gasteiger partial charge in [-0.15, -0.1) is 11.3 Å². The van der Waals surface area contributed by atoms with Crippen LogP contribution in [0.3, 0.4) is 0 Å². The molecule has 1 aliphatic rings. The Bertz CT molecular complexity index is 1580. The van der Waals surface area contributed by atoms with Crippen LogP contribution in [0.1, 0.15) is 34.9 Å². The predicted octanol–water partition coefficient (Wildman–Crippen LogP) is 4.97. The normalized spacial score (nSPS) is 15.0. The zero-order chi connectivity index (χ0) is 26.6. The highest BCUT2D eigenvalue weighted by molar-refractivity contribution is 7.18. The lowest BCUT2D eigenvalue weighted by Crippen LogP contribution is -2.30. The molecular weight excluding hydrogens is 524 g/mol. The lowest BCUT2D eigenvalue weighted by atomic mass is 9.89. The van der Waals surface area contributed by atoms with E-state index in [4.69, 9.17) is 21.1 Å². The minimum absolute atomic E-state index is 0.168. The van der Waals surface area contributed by atoms with Crippen molar-refractivity contribution < 1.29 is 14.3 Å². The molecule has 4 aromatic rings. The van der Waals surface area contributed by atoms with Crippen molar-refractivity contribution in [2.45, 2.75) is 39.3 Å². The maximum absolute atomic E-state index is 13.1. The number of ether oxygens (including phenoxy) is 2. The molecule has 5 rings (SSSR count). The molecule has 0 bridgehead atoms. The molecule has 1 N–H and O–H groups in total. The summed E-state index contributed by atoms with van der Waals surface area (Å²) in [4.78, 5) is 32.1. The van der Waals surface area contributed by atoms with E-state index in [1.165, 1.54) is 22.0 Å². The first kappa shape index (κ1) is 25.9. The maximum Gasteiger partial charge on any atom is 0.262 e. The van der Waals surface area contributed by atoms with E-state index < -0.39 is 5.91 Å². The number of amides is 1. The van der Waals surface area contributed by atoms with Gasteiger partial charge < -0.3 is 9.47 Å². The highest BCUT2D eigenvalue weighted by atomic mass is 35.5. The Balaban J connectivity index is 1.22. The number of methoxy groups -OCH3 is 1. The first-order valence-corrected chi connectivity index (χ1v) is 13.5. The third-order valence-corrected chi connectivity index (χ3v) is 8.06. The van der Waals surface area contributed by atoms with Crippen molar-refractivity contribution >= 4 is 45.3 Å². The van der Waals surface area contributed by atoms with Crippen LogP contribution in [-0.4, -0.2) is 28.8 Å². The van der Waals surface area contributed by atoms with Crippen LogP contribution in [0.2, 0.25) is 5.02 Å². The summed E-state index contributed by atoms with van der Waals surface area (Å²) in [6, 6.07) is 12.8. The Morgan fingerprint density at radius 2 is 2.13 bits per heavy atom. The summed E-state index contributed by atoms with van der Waals surface area (Å²) in [5, 5.41) is 5.32. The van der Waals surface area contributed by atoms with Crippen LogP contribution in [0.4, 0.5) is 0 Å². The average molecular weight is 551 g/mol. The van der Waals surface area contributed by atoms with Crippen molar-refractivity contribution in [1.29, 1.82) is 0 Å². The summed E-state index contributed by atoms with van der Waals surface area (Å²) in [5.74, 6) is 1.26. The summed E-state index contributed by atoms with van der Waals surface area (Å²) < 4.78 is 12.7. The second kappa shape index (κ2) is 11.4. The molecule has 1 unspecified atom stereocenters. The van der Waals surface area contributed by atoms with Crippen LogP contribution in [0.15, 0.2) is 58.7 Å². The lowest BCUT2D eigenvalue weighted by Gasteiger charge is -2.17. The number of halogens is 1. The van der Waals surface area contributed by atoms with Gasteiger partial charge in [0.05, 0.1) is 25.0 Å². The number of aromatic nitrogens is 2. The molecule has 2 aromatic heterocycles. The minimum atomic E-state index is -0.422. The Labute approximate surface area is 228 Å². The fourth-order valence-corrected chi connectivity index (χ4v) is 6.03. The molecule has 2 aromatic carbocycles. The fraction of sp³-hybridized carbons (Fsp3) is 0.286. The SMILES string of the molecule is COc1cc(/C=N\NC(=O)Cn2cnc3sc4c(c3c2=O)CCC(C)C4)ccc1OCc1ccccc1Cl. The zero-order valence-corrected chi connectivity index (χ0v) is 22.6. The lowest BCUT2D eigenvalue weighted by molar-refractivity contribution is -0.121. The molecule has 1 aliphatic carbocycles. The summed E-state index contributed by atoms with van der Waals surface area (Å²) in [6.07, 6.45) is 5.84. The van der Waals surface area contributed by atoms with Gasteiger partial charge in [0.1, 0.15) is 18.0 Å². The zero-order valence-electron chi connectivity index (χ0n) is 21.1. The van der Waals surface area contributed by atoms with Gasteiger partial charge in [-0.05, 0) is 60.6 Å². The van der Waals surface area contributed by atoms with Crippen LogP contribution >= 0.6 is 22.9 Å². The average Bonchev–Trinajstić information content (AvgIpc) is 3.28. The highest BCUT2D eigenvalue weighted by Crippen LogP contribution is 2.35. The molecule has 8 nitrogen and oxygen atoms in total. The van der Waals surface area contributed by atoms with Crippen molar-refractivity contribution in [3.05, 3.63) is 85.7 Å². The van der Waals surface area contributed by atoms with Crippen molar-refractivity contribution in [3.63, 3.8) is 0 Å². The third-order valence-electron chi connectivity index (χ3n) is 6.53. The maximum atomic E-state index is 13.1. The van der Waals surface area contributed by atoms with Crippen LogP contribution in [0, 0.1) is 5.92 Å². The molecule has 0 spiro atoms. The molecule has 10 heteroatoms. The number of nitrogens with zero attached hydrogens (tertiary/aromatic N) is 3. The monoisotopic (exact) mass is 550 g/mol. The topological polar surface area (TPSA) is 94.8 Å². The number of nitrogens with one attached hydrogen (secondary N) is 1. The first-order valence-electron chi connectivity index (χ1n) is 12.3. The molecule has 2 heterocycles. The highest BCUT2D eigenvalue weighted by Gasteiger charge is 2.23. The molecule has 0 saturated carbocycles. The summed E-state index contributed by atoms with van der Waals surface area (Å²) in [6.45, 7) is 2.36. The molecule has 0 fully saturated rings. The van der Waals surface area contributed by atoms with Gasteiger partial charge in [0.15, 0.2) is 11.5 Å². The number of aryl methyl sites for hydroxylation is 1. The quantitative estimate of drug-likeness (QED) is 0.247. The van der Waals surface area contributed by atoms with Crippen molar-refractivity contribution in [1.82, 2.24) is 15.0 Å². The molecule has 0 radical (unpaired) electrons. The number of carbonyl (C=O) groups excluding carboxylic acids is 1. The van der Waals surface area contributed by atoms with Gasteiger partial charge in [-0.25, -0.2) is 10.4 Å². The molecule has 0 saturated heterocycles. The molecule has 38 heavy (non-hydrogen) atoms. The van der Waals surface area contributed by atoms with Crippen LogP contribution in [0.5, 0.6) is 11.5 Å². The number of hydrogen-bond acceptors (Lipinski definition) is 7. The van der Waals surface area contributed by atoms with E-state index in [1.54, 1.807) is 36.6 Å². The Morgan fingerprint density at radius 3 is 2.95 bits per heavy atom. The van der Waals surface area contributed by atoms with E-state index in [1.807, 2.05) is 24.3 Å². The molecule has 0 aliphatic heterocycles. The van der Waals surface area contributed by atoms with Gasteiger partial charge in [-0.1, -0.05) is 36.7 Å². The van der Waals surface area contributed by atoms with Gasteiger partial charge in [-0.2, -0.15) is 5.10 Å². The Kier molecular flexibility index (Phi) is 7.76. The van der Waals surface area contributed by atoms with Crippen LogP contribution < -0.4 is 20.5 Å².